The third kappa shape index (κ3) is 7.29. The maximum absolute atomic E-state index is 13.0. The summed E-state index contributed by atoms with van der Waals surface area (Å²) in [5.41, 5.74) is 1.24. The summed E-state index contributed by atoms with van der Waals surface area (Å²) in [5.74, 6) is -1.37. The average molecular weight is 532 g/mol. The van der Waals surface area contributed by atoms with Gasteiger partial charge in [-0.05, 0) is 66.9 Å². The number of hydrogen-bond donors (Lipinski definition) is 3. The fourth-order valence-electron chi connectivity index (χ4n) is 3.41. The zero-order valence-corrected chi connectivity index (χ0v) is 20.0. The van der Waals surface area contributed by atoms with Gasteiger partial charge in [0.1, 0.15) is 0 Å². The number of carbonyl (C=O) groups is 1. The third-order valence-electron chi connectivity index (χ3n) is 5.13. The molecule has 0 spiro atoms. The zero-order chi connectivity index (χ0) is 24.2. The first kappa shape index (κ1) is 28.8. The van der Waals surface area contributed by atoms with Crippen molar-refractivity contribution in [1.29, 1.82) is 0 Å². The van der Waals surface area contributed by atoms with Crippen molar-refractivity contribution in [2.75, 3.05) is 6.54 Å². The van der Waals surface area contributed by atoms with Gasteiger partial charge in [0.05, 0.1) is 21.5 Å². The van der Waals surface area contributed by atoms with E-state index in [1.54, 1.807) is 36.4 Å². The van der Waals surface area contributed by atoms with E-state index in [2.05, 4.69) is 5.32 Å². The van der Waals surface area contributed by atoms with E-state index in [9.17, 15) is 23.4 Å². The first-order valence-corrected chi connectivity index (χ1v) is 12.4. The van der Waals surface area contributed by atoms with E-state index in [4.69, 9.17) is 23.2 Å². The van der Waals surface area contributed by atoms with Crippen LogP contribution in [0, 0.1) is 0 Å². The molecule has 3 N–H and O–H groups in total. The fourth-order valence-corrected chi connectivity index (χ4v) is 5.21. The van der Waals surface area contributed by atoms with Gasteiger partial charge >= 0.3 is 35.5 Å². The summed E-state index contributed by atoms with van der Waals surface area (Å²) in [6.45, 7) is 2.30. The summed E-state index contributed by atoms with van der Waals surface area (Å²) in [5, 5.41) is 23.7. The van der Waals surface area contributed by atoms with Gasteiger partial charge in [0.2, 0.25) is 9.84 Å². The number of benzene rings is 3. The fraction of sp³-hybridized carbons (Fsp3) is 0.208. The van der Waals surface area contributed by atoms with E-state index in [-0.39, 0.29) is 56.0 Å². The standard InChI is InChI=1S/C24H23Cl2NO5S.Na.H/c1-15(27-14-22(28)17-3-2-4-18(25)12-17)11-16-5-8-20(9-6-16)33(31,32)23-10-7-19(26)13-21(23)24(29)30;;/h2-10,12-13,15,22,27-28H,11,14H2,1H3,(H,29,30);;/t15-,22-;;/m1../s1. The predicted molar refractivity (Wildman–Crippen MR) is 135 cm³/mol. The number of hydrogen-bond acceptors (Lipinski definition) is 5. The molecule has 3 aromatic rings. The minimum absolute atomic E-state index is 0. The van der Waals surface area contributed by atoms with Crippen LogP contribution in [0.5, 0.6) is 0 Å². The maximum atomic E-state index is 13.0. The molecule has 0 aliphatic heterocycles. The normalized spacial score (nSPS) is 13.1. The third-order valence-corrected chi connectivity index (χ3v) is 7.43. The number of carboxylic acid groups (broad SMARTS) is 1. The molecule has 0 aromatic heterocycles. The molecule has 0 bridgehead atoms. The second-order valence-corrected chi connectivity index (χ2v) is 10.5. The number of aliphatic hydroxyl groups is 1. The number of nitrogens with one attached hydrogen (secondary N) is 1. The van der Waals surface area contributed by atoms with Crippen molar-refractivity contribution in [3.63, 3.8) is 0 Å². The van der Waals surface area contributed by atoms with E-state index < -0.39 is 21.9 Å². The molecule has 0 unspecified atom stereocenters. The zero-order valence-electron chi connectivity index (χ0n) is 17.7. The first-order valence-electron chi connectivity index (χ1n) is 10.1. The van der Waals surface area contributed by atoms with Crippen LogP contribution in [0.4, 0.5) is 0 Å². The minimum atomic E-state index is -4.03. The topological polar surface area (TPSA) is 104 Å². The second kappa shape index (κ2) is 12.5. The quantitative estimate of drug-likeness (QED) is 0.358. The van der Waals surface area contributed by atoms with Gasteiger partial charge in [0, 0.05) is 22.6 Å². The van der Waals surface area contributed by atoms with Crippen molar-refractivity contribution in [3.8, 4) is 0 Å². The summed E-state index contributed by atoms with van der Waals surface area (Å²) < 4.78 is 26.0. The van der Waals surface area contributed by atoms with Crippen LogP contribution in [0.3, 0.4) is 0 Å². The van der Waals surface area contributed by atoms with Crippen molar-refractivity contribution in [3.05, 3.63) is 93.5 Å². The Bertz CT molecular complexity index is 1250. The number of carboxylic acids is 1. The van der Waals surface area contributed by atoms with Crippen LogP contribution in [0.25, 0.3) is 0 Å². The number of rotatable bonds is 9. The van der Waals surface area contributed by atoms with Gasteiger partial charge < -0.3 is 15.5 Å². The molecular weight excluding hydrogens is 508 g/mol. The molecule has 3 aromatic carbocycles. The summed E-state index contributed by atoms with van der Waals surface area (Å²) in [7, 11) is -4.03. The van der Waals surface area contributed by atoms with Crippen molar-refractivity contribution in [2.24, 2.45) is 0 Å². The number of aliphatic hydroxyl groups excluding tert-OH is 1. The summed E-state index contributed by atoms with van der Waals surface area (Å²) >= 11 is 11.8. The van der Waals surface area contributed by atoms with Crippen LogP contribution in [-0.2, 0) is 16.3 Å². The monoisotopic (exact) mass is 531 g/mol. The van der Waals surface area contributed by atoms with Crippen LogP contribution in [0.15, 0.2) is 76.5 Å². The van der Waals surface area contributed by atoms with Crippen molar-refractivity contribution < 1.29 is 23.4 Å². The number of sulfone groups is 1. The average Bonchev–Trinajstić information content (AvgIpc) is 2.77. The van der Waals surface area contributed by atoms with Crippen LogP contribution >= 0.6 is 23.2 Å². The van der Waals surface area contributed by atoms with Gasteiger partial charge in [-0.15, -0.1) is 0 Å². The molecule has 0 fully saturated rings. The van der Waals surface area contributed by atoms with E-state index in [0.29, 0.717) is 18.0 Å². The molecule has 0 aliphatic rings. The Morgan fingerprint density at radius 3 is 2.26 bits per heavy atom. The van der Waals surface area contributed by atoms with Crippen LogP contribution in [0.2, 0.25) is 10.0 Å². The molecule has 6 nitrogen and oxygen atoms in total. The molecule has 176 valence electrons. The van der Waals surface area contributed by atoms with Crippen molar-refractivity contribution >= 4 is 68.6 Å². The van der Waals surface area contributed by atoms with Gasteiger partial charge in [0.15, 0.2) is 0 Å². The Labute approximate surface area is 231 Å². The van der Waals surface area contributed by atoms with Crippen molar-refractivity contribution in [1.82, 2.24) is 5.32 Å². The van der Waals surface area contributed by atoms with Gasteiger partial charge in [-0.25, -0.2) is 13.2 Å². The van der Waals surface area contributed by atoms with Gasteiger partial charge in [0.25, 0.3) is 0 Å². The Balaban J connectivity index is 0.00000408. The molecule has 3 rings (SSSR count). The van der Waals surface area contributed by atoms with E-state index in [1.807, 2.05) is 6.92 Å². The van der Waals surface area contributed by atoms with Crippen LogP contribution in [-0.4, -0.2) is 66.7 Å². The summed E-state index contributed by atoms with van der Waals surface area (Å²) in [4.78, 5) is 11.2. The Morgan fingerprint density at radius 1 is 1.00 bits per heavy atom. The molecule has 0 heterocycles. The van der Waals surface area contributed by atoms with Gasteiger partial charge in [-0.1, -0.05) is 47.5 Å². The van der Waals surface area contributed by atoms with E-state index in [0.717, 1.165) is 17.2 Å². The van der Waals surface area contributed by atoms with Crippen molar-refractivity contribution in [2.45, 2.75) is 35.3 Å². The molecular formula is C24H24Cl2NNaO5S. The Kier molecular flexibility index (Phi) is 10.6. The molecule has 0 saturated carbocycles. The number of halogens is 2. The van der Waals surface area contributed by atoms with Crippen LogP contribution < -0.4 is 5.32 Å². The van der Waals surface area contributed by atoms with E-state index in [1.165, 1.54) is 24.3 Å². The van der Waals surface area contributed by atoms with Gasteiger partial charge in [-0.3, -0.25) is 0 Å². The summed E-state index contributed by atoms with van der Waals surface area (Å²) in [6.07, 6.45) is -0.106. The molecule has 34 heavy (non-hydrogen) atoms. The Morgan fingerprint density at radius 2 is 1.65 bits per heavy atom. The first-order chi connectivity index (χ1) is 15.6. The number of aromatic carboxylic acids is 1. The second-order valence-electron chi connectivity index (χ2n) is 7.68. The molecule has 0 radical (unpaired) electrons. The van der Waals surface area contributed by atoms with Crippen LogP contribution in [0.1, 0.15) is 34.5 Å². The van der Waals surface area contributed by atoms with Gasteiger partial charge in [-0.2, -0.15) is 0 Å². The molecule has 10 heteroatoms. The molecule has 0 amide bonds. The van der Waals surface area contributed by atoms with E-state index >= 15 is 0 Å². The SMILES string of the molecule is C[C@H](Cc1ccc(S(=O)(=O)c2ccc(Cl)cc2C(=O)O)cc1)NC[C@@H](O)c1cccc(Cl)c1.[NaH]. The molecule has 0 saturated heterocycles. The summed E-state index contributed by atoms with van der Waals surface area (Å²) in [6, 6.07) is 17.0. The predicted octanol–water partition coefficient (Wildman–Crippen LogP) is 4.13. The molecule has 0 aliphatic carbocycles. The Hall–Kier alpha value is -1.42. The molecule has 2 atom stereocenters.